The van der Waals surface area contributed by atoms with Crippen LogP contribution in [0.1, 0.15) is 56.6 Å². The summed E-state index contributed by atoms with van der Waals surface area (Å²) in [6.45, 7) is 9.41. The number of nitrogens with one attached hydrogen (secondary N) is 1. The first-order valence-electron chi connectivity index (χ1n) is 15.3. The van der Waals surface area contributed by atoms with E-state index in [-0.39, 0.29) is 23.7 Å². The monoisotopic (exact) mass is 574 g/mol. The summed E-state index contributed by atoms with van der Waals surface area (Å²) in [5, 5.41) is 8.18. The molecule has 2 aliphatic rings. The molecule has 4 heterocycles. The summed E-state index contributed by atoms with van der Waals surface area (Å²) < 4.78 is 8.11. The first kappa shape index (κ1) is 30.0. The Kier molecular flexibility index (Phi) is 9.74. The van der Waals surface area contributed by atoms with Gasteiger partial charge in [-0.15, -0.1) is 0 Å². The predicted octanol–water partition coefficient (Wildman–Crippen LogP) is 4.24. The number of allylic oxidation sites excluding steroid dienone is 1. The van der Waals surface area contributed by atoms with Gasteiger partial charge in [0.15, 0.2) is 11.4 Å². The number of hydrogen-bond donors (Lipinski definition) is 1. The Morgan fingerprint density at radius 2 is 1.83 bits per heavy atom. The fraction of sp³-hybridized carbons (Fsp3) is 0.562. The second-order valence-corrected chi connectivity index (χ2v) is 12.3. The molecule has 0 spiro atoms. The van der Waals surface area contributed by atoms with Gasteiger partial charge in [0.2, 0.25) is 5.95 Å². The number of para-hydroxylation sites is 1. The zero-order valence-corrected chi connectivity index (χ0v) is 25.8. The van der Waals surface area contributed by atoms with Crippen LogP contribution in [0, 0.1) is 5.92 Å². The number of benzene rings is 1. The van der Waals surface area contributed by atoms with Gasteiger partial charge in [0.25, 0.3) is 0 Å². The van der Waals surface area contributed by atoms with Crippen molar-refractivity contribution in [3.05, 3.63) is 53.7 Å². The highest BCUT2D eigenvalue weighted by Gasteiger charge is 2.25. The number of carbonyl (C=O) groups excluding carboxylic acids is 1. The second kappa shape index (κ2) is 13.6. The highest BCUT2D eigenvalue weighted by Crippen LogP contribution is 2.29. The van der Waals surface area contributed by atoms with Crippen LogP contribution in [-0.4, -0.2) is 95.1 Å². The number of ketones is 1. The highest BCUT2D eigenvalue weighted by molar-refractivity contribution is 5.91. The number of hydrogen-bond acceptors (Lipinski definition) is 9. The van der Waals surface area contributed by atoms with Gasteiger partial charge in [-0.2, -0.15) is 19.6 Å². The molecule has 10 nitrogen and oxygen atoms in total. The van der Waals surface area contributed by atoms with E-state index >= 15 is 0 Å². The summed E-state index contributed by atoms with van der Waals surface area (Å²) in [5.41, 5.74) is 4.22. The third-order valence-corrected chi connectivity index (χ3v) is 8.35. The maximum absolute atomic E-state index is 12.7. The Labute approximate surface area is 249 Å². The molecule has 0 bridgehead atoms. The van der Waals surface area contributed by atoms with Gasteiger partial charge in [-0.25, -0.2) is 0 Å². The summed E-state index contributed by atoms with van der Waals surface area (Å²) in [4.78, 5) is 29.1. The highest BCUT2D eigenvalue weighted by atomic mass is 16.5. The fourth-order valence-electron chi connectivity index (χ4n) is 5.77. The average Bonchev–Trinajstić information content (AvgIpc) is 3.42. The minimum atomic E-state index is 0.0946. The summed E-state index contributed by atoms with van der Waals surface area (Å²) in [6, 6.07) is 8.88. The molecule has 2 aromatic heterocycles. The zero-order valence-electron chi connectivity index (χ0n) is 25.8. The molecule has 0 aliphatic carbocycles. The van der Waals surface area contributed by atoms with Crippen LogP contribution in [0.15, 0.2) is 42.6 Å². The van der Waals surface area contributed by atoms with Crippen molar-refractivity contribution in [1.82, 2.24) is 29.4 Å². The Morgan fingerprint density at radius 1 is 1.10 bits per heavy atom. The summed E-state index contributed by atoms with van der Waals surface area (Å²) in [6.07, 6.45) is 9.39. The van der Waals surface area contributed by atoms with Crippen molar-refractivity contribution in [2.24, 2.45) is 5.92 Å². The molecular formula is C32H46N8O2. The summed E-state index contributed by atoms with van der Waals surface area (Å²) in [5.74, 6) is 1.24. The van der Waals surface area contributed by atoms with Crippen LogP contribution >= 0.6 is 0 Å². The third kappa shape index (κ3) is 7.28. The fourth-order valence-corrected chi connectivity index (χ4v) is 5.77. The number of fused-ring (bicyclic) bond motifs is 1. The largest absolute Gasteiger partial charge is 0.460 e. The van der Waals surface area contributed by atoms with Crippen molar-refractivity contribution >= 4 is 23.1 Å². The second-order valence-electron chi connectivity index (χ2n) is 12.3. The number of carbonyl (C=O) groups is 1. The van der Waals surface area contributed by atoms with Crippen LogP contribution < -0.4 is 15.0 Å². The maximum atomic E-state index is 12.7. The molecule has 2 aliphatic heterocycles. The Hall–Kier alpha value is -3.50. The number of ether oxygens (including phenoxy) is 1. The van der Waals surface area contributed by atoms with Crippen molar-refractivity contribution < 1.29 is 9.53 Å². The number of nitrogens with zero attached hydrogens (tertiary/aromatic N) is 7. The molecule has 42 heavy (non-hydrogen) atoms. The molecule has 0 atom stereocenters. The summed E-state index contributed by atoms with van der Waals surface area (Å²) >= 11 is 0. The van der Waals surface area contributed by atoms with E-state index < -0.39 is 0 Å². The van der Waals surface area contributed by atoms with E-state index in [2.05, 4.69) is 70.3 Å². The smallest absolute Gasteiger partial charge is 0.322 e. The molecule has 226 valence electrons. The van der Waals surface area contributed by atoms with Crippen LogP contribution in [0.5, 0.6) is 6.01 Å². The number of likely N-dealkylation sites (tertiary alicyclic amines) is 1. The number of likely N-dealkylation sites (N-methyl/N-ethyl adjacent to an activating group) is 1. The van der Waals surface area contributed by atoms with Crippen molar-refractivity contribution in [2.45, 2.75) is 58.1 Å². The molecule has 0 saturated carbocycles. The van der Waals surface area contributed by atoms with E-state index in [0.29, 0.717) is 18.5 Å². The van der Waals surface area contributed by atoms with Crippen LogP contribution in [0.4, 0.5) is 11.6 Å². The first-order valence-corrected chi connectivity index (χ1v) is 15.3. The van der Waals surface area contributed by atoms with Crippen LogP contribution in [0.2, 0.25) is 0 Å². The molecule has 1 aromatic carbocycles. The number of rotatable bonds is 11. The van der Waals surface area contributed by atoms with Gasteiger partial charge < -0.3 is 24.8 Å². The minimum Gasteiger partial charge on any atom is -0.460 e. The van der Waals surface area contributed by atoms with Crippen LogP contribution in [0.3, 0.4) is 0 Å². The first-order chi connectivity index (χ1) is 20.3. The van der Waals surface area contributed by atoms with Gasteiger partial charge in [-0.3, -0.25) is 4.79 Å². The minimum absolute atomic E-state index is 0.0946. The molecule has 0 radical (unpaired) electrons. The van der Waals surface area contributed by atoms with E-state index in [1.54, 1.807) is 10.6 Å². The van der Waals surface area contributed by atoms with Gasteiger partial charge in [0.1, 0.15) is 6.10 Å². The predicted molar refractivity (Wildman–Crippen MR) is 167 cm³/mol. The molecule has 10 heteroatoms. The SMILES string of the molecule is CC(C)c1cnn2c(NCc3ccccc3N3CCC(C(=O)/C=C/CN(C)C)CC3)nc(OC3CCN(C)CC3)nc12. The van der Waals surface area contributed by atoms with E-state index in [9.17, 15) is 4.79 Å². The summed E-state index contributed by atoms with van der Waals surface area (Å²) in [7, 11) is 6.16. The van der Waals surface area contributed by atoms with Gasteiger partial charge in [-0.1, -0.05) is 38.1 Å². The number of anilines is 2. The van der Waals surface area contributed by atoms with Gasteiger partial charge in [-0.05, 0) is 70.5 Å². The number of aromatic nitrogens is 4. The molecule has 2 saturated heterocycles. The molecule has 5 rings (SSSR count). The van der Waals surface area contributed by atoms with Gasteiger partial charge in [0.05, 0.1) is 6.20 Å². The standard InChI is InChI=1S/C32H46N8O2/c1-23(2)27-22-34-40-30(27)35-32(42-26-14-17-38(5)18-15-26)36-31(40)33-21-25-9-6-7-10-28(25)39-19-12-24(13-20-39)29(41)11-8-16-37(3)4/h6-11,22-24,26H,12-21H2,1-5H3,(H,33,35,36)/b11-8+. The van der Waals surface area contributed by atoms with Gasteiger partial charge >= 0.3 is 6.01 Å². The lowest BCUT2D eigenvalue weighted by Gasteiger charge is -2.34. The third-order valence-electron chi connectivity index (χ3n) is 8.35. The lowest BCUT2D eigenvalue weighted by atomic mass is 9.91. The van der Waals surface area contributed by atoms with E-state index in [0.717, 1.165) is 69.6 Å². The van der Waals surface area contributed by atoms with Crippen molar-refractivity contribution in [3.8, 4) is 6.01 Å². The molecule has 0 unspecified atom stereocenters. The number of piperidine rings is 2. The van der Waals surface area contributed by atoms with Crippen LogP contribution in [-0.2, 0) is 11.3 Å². The molecule has 2 fully saturated rings. The van der Waals surface area contributed by atoms with Crippen molar-refractivity contribution in [3.63, 3.8) is 0 Å². The molecule has 1 N–H and O–H groups in total. The quantitative estimate of drug-likeness (QED) is 0.338. The Balaban J connectivity index is 1.29. The van der Waals surface area contributed by atoms with Crippen molar-refractivity contribution in [2.75, 3.05) is 64.1 Å². The average molecular weight is 575 g/mol. The normalized spacial score (nSPS) is 17.6. The lowest BCUT2D eigenvalue weighted by Crippen LogP contribution is -2.36. The molecule has 3 aromatic rings. The van der Waals surface area contributed by atoms with E-state index in [1.807, 2.05) is 26.4 Å². The van der Waals surface area contributed by atoms with Gasteiger partial charge in [0, 0.05) is 56.4 Å². The zero-order chi connectivity index (χ0) is 29.6. The Bertz CT molecular complexity index is 1370. The van der Waals surface area contributed by atoms with E-state index in [4.69, 9.17) is 14.7 Å². The Morgan fingerprint density at radius 3 is 2.55 bits per heavy atom. The lowest BCUT2D eigenvalue weighted by molar-refractivity contribution is -0.118. The van der Waals surface area contributed by atoms with E-state index in [1.165, 1.54) is 11.3 Å². The van der Waals surface area contributed by atoms with Crippen molar-refractivity contribution in [1.29, 1.82) is 0 Å². The molecular weight excluding hydrogens is 528 g/mol. The molecule has 0 amide bonds. The topological polar surface area (TPSA) is 91.1 Å². The maximum Gasteiger partial charge on any atom is 0.322 e. The van der Waals surface area contributed by atoms with Crippen LogP contribution in [0.25, 0.3) is 5.65 Å².